The van der Waals surface area contributed by atoms with E-state index in [1.54, 1.807) is 18.9 Å². The largest absolute Gasteiger partial charge is 0.450 e. The average Bonchev–Trinajstić information content (AvgIpc) is 2.75. The third kappa shape index (κ3) is 5.94. The number of nitrogens with one attached hydrogen (secondary N) is 1. The van der Waals surface area contributed by atoms with Crippen molar-refractivity contribution in [2.75, 3.05) is 20.2 Å². The van der Waals surface area contributed by atoms with Crippen molar-refractivity contribution >= 4 is 34.9 Å². The number of halogens is 1. The quantitative estimate of drug-likeness (QED) is 0.878. The van der Waals surface area contributed by atoms with Gasteiger partial charge in [0.15, 0.2) is 0 Å². The van der Waals surface area contributed by atoms with E-state index in [2.05, 4.69) is 5.32 Å². The number of ether oxygens (including phenoxy) is 1. The molecule has 0 atom stereocenters. The predicted octanol–water partition coefficient (Wildman–Crippen LogP) is 2.50. The highest BCUT2D eigenvalue weighted by atomic mass is 35.5. The molecule has 7 heteroatoms. The lowest BCUT2D eigenvalue weighted by molar-refractivity contribution is -0.130. The second kappa shape index (κ2) is 8.01. The Bertz CT molecular complexity index is 436. The molecule has 0 radical (unpaired) electrons. The molecule has 1 rings (SSSR count). The number of thiophene rings is 1. The van der Waals surface area contributed by atoms with Crippen LogP contribution in [0.3, 0.4) is 0 Å². The average molecular weight is 305 g/mol. The standard InChI is InChI=1S/C12H17ClN2O3S/c1-3-18-12(17)14-7-6-11(16)15(2)8-9-4-5-10(13)19-9/h4-5H,3,6-8H2,1-2H3,(H,14,17). The van der Waals surface area contributed by atoms with Gasteiger partial charge in [-0.05, 0) is 19.1 Å². The van der Waals surface area contributed by atoms with Gasteiger partial charge >= 0.3 is 6.09 Å². The molecule has 0 aromatic carbocycles. The molecule has 1 heterocycles. The van der Waals surface area contributed by atoms with Crippen molar-refractivity contribution < 1.29 is 14.3 Å². The number of hydrogen-bond donors (Lipinski definition) is 1. The number of carbonyl (C=O) groups is 2. The van der Waals surface area contributed by atoms with Gasteiger partial charge in [0.1, 0.15) is 0 Å². The highest BCUT2D eigenvalue weighted by molar-refractivity contribution is 7.16. The number of alkyl carbamates (subject to hydrolysis) is 1. The summed E-state index contributed by atoms with van der Waals surface area (Å²) in [5.74, 6) is -0.0404. The van der Waals surface area contributed by atoms with Crippen LogP contribution in [0.25, 0.3) is 0 Å². The van der Waals surface area contributed by atoms with Crippen LogP contribution in [0.5, 0.6) is 0 Å². The fourth-order valence-corrected chi connectivity index (χ4v) is 2.54. The van der Waals surface area contributed by atoms with Gasteiger partial charge in [0.25, 0.3) is 0 Å². The summed E-state index contributed by atoms with van der Waals surface area (Å²) in [5, 5.41) is 2.51. The number of rotatable bonds is 6. The van der Waals surface area contributed by atoms with Crippen molar-refractivity contribution in [1.29, 1.82) is 0 Å². The minimum absolute atomic E-state index is 0.0404. The summed E-state index contributed by atoms with van der Waals surface area (Å²) in [5.41, 5.74) is 0. The summed E-state index contributed by atoms with van der Waals surface area (Å²) in [6.07, 6.45) is -0.253. The van der Waals surface area contributed by atoms with E-state index in [1.165, 1.54) is 11.3 Å². The smallest absolute Gasteiger partial charge is 0.407 e. The molecule has 0 bridgehead atoms. The first-order valence-electron chi connectivity index (χ1n) is 5.91. The Morgan fingerprint density at radius 1 is 1.47 bits per heavy atom. The van der Waals surface area contributed by atoms with Crippen LogP contribution < -0.4 is 5.32 Å². The molecular weight excluding hydrogens is 288 g/mol. The summed E-state index contributed by atoms with van der Waals surface area (Å²) >= 11 is 7.28. The summed E-state index contributed by atoms with van der Waals surface area (Å²) in [6, 6.07) is 3.70. The van der Waals surface area contributed by atoms with Gasteiger partial charge in [0.05, 0.1) is 17.5 Å². The van der Waals surface area contributed by atoms with E-state index in [-0.39, 0.29) is 18.9 Å². The normalized spacial score (nSPS) is 10.1. The maximum Gasteiger partial charge on any atom is 0.407 e. The Hall–Kier alpha value is -1.27. The van der Waals surface area contributed by atoms with E-state index in [4.69, 9.17) is 16.3 Å². The van der Waals surface area contributed by atoms with Crippen LogP contribution in [0.4, 0.5) is 4.79 Å². The maximum absolute atomic E-state index is 11.8. The molecule has 19 heavy (non-hydrogen) atoms. The van der Waals surface area contributed by atoms with Crippen molar-refractivity contribution in [2.45, 2.75) is 19.9 Å². The zero-order chi connectivity index (χ0) is 14.3. The van der Waals surface area contributed by atoms with E-state index < -0.39 is 6.09 Å². The minimum atomic E-state index is -0.497. The van der Waals surface area contributed by atoms with Gasteiger partial charge in [-0.25, -0.2) is 4.79 Å². The Balaban J connectivity index is 2.27. The lowest BCUT2D eigenvalue weighted by Crippen LogP contribution is -2.32. The van der Waals surface area contributed by atoms with Crippen molar-refractivity contribution in [1.82, 2.24) is 10.2 Å². The van der Waals surface area contributed by atoms with Crippen LogP contribution in [-0.4, -0.2) is 37.1 Å². The molecule has 0 aliphatic rings. The number of amides is 2. The van der Waals surface area contributed by atoms with Crippen molar-refractivity contribution in [3.8, 4) is 0 Å². The van der Waals surface area contributed by atoms with Crippen molar-refractivity contribution in [3.63, 3.8) is 0 Å². The topological polar surface area (TPSA) is 58.6 Å². The Morgan fingerprint density at radius 3 is 2.79 bits per heavy atom. The second-order valence-electron chi connectivity index (χ2n) is 3.85. The van der Waals surface area contributed by atoms with E-state index in [1.807, 2.05) is 12.1 Å². The third-order valence-corrected chi connectivity index (χ3v) is 3.55. The van der Waals surface area contributed by atoms with Crippen LogP contribution in [0.15, 0.2) is 12.1 Å². The molecule has 1 aromatic rings. The van der Waals surface area contributed by atoms with E-state index >= 15 is 0 Å². The zero-order valence-electron chi connectivity index (χ0n) is 10.9. The summed E-state index contributed by atoms with van der Waals surface area (Å²) in [7, 11) is 1.72. The Kier molecular flexibility index (Phi) is 6.66. The summed E-state index contributed by atoms with van der Waals surface area (Å²) in [4.78, 5) is 25.4. The molecule has 0 spiro atoms. The first-order valence-corrected chi connectivity index (χ1v) is 7.11. The highest BCUT2D eigenvalue weighted by Crippen LogP contribution is 2.22. The van der Waals surface area contributed by atoms with Gasteiger partial charge < -0.3 is 15.0 Å². The van der Waals surface area contributed by atoms with Crippen LogP contribution >= 0.6 is 22.9 Å². The highest BCUT2D eigenvalue weighted by Gasteiger charge is 2.11. The van der Waals surface area contributed by atoms with E-state index in [0.717, 1.165) is 4.88 Å². The van der Waals surface area contributed by atoms with Crippen LogP contribution in [0.2, 0.25) is 4.34 Å². The number of hydrogen-bond acceptors (Lipinski definition) is 4. The van der Waals surface area contributed by atoms with Gasteiger partial charge in [0, 0.05) is 24.9 Å². The fourth-order valence-electron chi connectivity index (χ4n) is 1.40. The second-order valence-corrected chi connectivity index (χ2v) is 5.65. The first-order chi connectivity index (χ1) is 9.02. The molecule has 2 amide bonds. The fraction of sp³-hybridized carbons (Fsp3) is 0.500. The number of nitrogens with zero attached hydrogens (tertiary/aromatic N) is 1. The van der Waals surface area contributed by atoms with Crippen molar-refractivity contribution in [2.24, 2.45) is 0 Å². The van der Waals surface area contributed by atoms with E-state index in [0.29, 0.717) is 17.5 Å². The molecule has 0 saturated heterocycles. The molecule has 0 aliphatic heterocycles. The lowest BCUT2D eigenvalue weighted by Gasteiger charge is -2.16. The van der Waals surface area contributed by atoms with Crippen LogP contribution in [0.1, 0.15) is 18.2 Å². The van der Waals surface area contributed by atoms with Gasteiger partial charge in [-0.15, -0.1) is 11.3 Å². The van der Waals surface area contributed by atoms with Gasteiger partial charge in [-0.3, -0.25) is 4.79 Å². The van der Waals surface area contributed by atoms with Crippen LogP contribution in [-0.2, 0) is 16.1 Å². The monoisotopic (exact) mass is 304 g/mol. The Labute approximate surface area is 121 Å². The van der Waals surface area contributed by atoms with Gasteiger partial charge in [0.2, 0.25) is 5.91 Å². The number of carbonyl (C=O) groups excluding carboxylic acids is 2. The molecule has 1 aromatic heterocycles. The lowest BCUT2D eigenvalue weighted by atomic mass is 10.3. The van der Waals surface area contributed by atoms with Crippen LogP contribution in [0, 0.1) is 0 Å². The van der Waals surface area contributed by atoms with Gasteiger partial charge in [-0.1, -0.05) is 11.6 Å². The SMILES string of the molecule is CCOC(=O)NCCC(=O)N(C)Cc1ccc(Cl)s1. The molecule has 1 N–H and O–H groups in total. The molecule has 0 unspecified atom stereocenters. The molecule has 5 nitrogen and oxygen atoms in total. The molecule has 0 aliphatic carbocycles. The predicted molar refractivity (Wildman–Crippen MR) is 75.4 cm³/mol. The summed E-state index contributed by atoms with van der Waals surface area (Å²) in [6.45, 7) is 2.84. The summed E-state index contributed by atoms with van der Waals surface area (Å²) < 4.78 is 5.40. The molecule has 0 saturated carbocycles. The Morgan fingerprint density at radius 2 is 2.21 bits per heavy atom. The van der Waals surface area contributed by atoms with E-state index in [9.17, 15) is 9.59 Å². The van der Waals surface area contributed by atoms with Gasteiger partial charge in [-0.2, -0.15) is 0 Å². The third-order valence-electron chi connectivity index (χ3n) is 2.33. The first kappa shape index (κ1) is 15.8. The molecule has 0 fully saturated rings. The maximum atomic E-state index is 11.8. The zero-order valence-corrected chi connectivity index (χ0v) is 12.5. The minimum Gasteiger partial charge on any atom is -0.450 e. The van der Waals surface area contributed by atoms with Crippen molar-refractivity contribution in [3.05, 3.63) is 21.3 Å². The molecular formula is C12H17ClN2O3S. The molecule has 106 valence electrons.